The zero-order chi connectivity index (χ0) is 20.3. The van der Waals surface area contributed by atoms with E-state index in [9.17, 15) is 14.4 Å². The van der Waals surface area contributed by atoms with Crippen LogP contribution in [0.3, 0.4) is 0 Å². The predicted octanol–water partition coefficient (Wildman–Crippen LogP) is 1.65. The van der Waals surface area contributed by atoms with Crippen LogP contribution in [0, 0.1) is 11.8 Å². The number of cyclic esters (lactones) is 1. The summed E-state index contributed by atoms with van der Waals surface area (Å²) in [6, 6.07) is 8.27. The number of hydrogen-bond acceptors (Lipinski definition) is 5. The number of carbonyl (C=O) groups is 3. The summed E-state index contributed by atoms with van der Waals surface area (Å²) < 4.78 is 10.5. The van der Waals surface area contributed by atoms with Gasteiger partial charge in [0.2, 0.25) is 5.91 Å². The zero-order valence-electron chi connectivity index (χ0n) is 16.2. The minimum atomic E-state index is -0.405. The number of nitrogens with one attached hydrogen (secondary N) is 1. The fourth-order valence-electron chi connectivity index (χ4n) is 5.19. The van der Waals surface area contributed by atoms with Gasteiger partial charge in [0.15, 0.2) is 0 Å². The van der Waals surface area contributed by atoms with Gasteiger partial charge < -0.3 is 19.7 Å². The predicted molar refractivity (Wildman–Crippen MR) is 103 cm³/mol. The number of amides is 3. The van der Waals surface area contributed by atoms with Crippen molar-refractivity contribution in [3.05, 3.63) is 42.5 Å². The molecule has 6 rings (SSSR count). The first-order valence-electron chi connectivity index (χ1n) is 9.85. The number of ether oxygens (including phenoxy) is 2. The van der Waals surface area contributed by atoms with Crippen LogP contribution >= 0.6 is 0 Å². The molecule has 2 bridgehead atoms. The second kappa shape index (κ2) is 6.23. The Morgan fingerprint density at radius 3 is 2.72 bits per heavy atom. The third-order valence-corrected chi connectivity index (χ3v) is 6.58. The van der Waals surface area contributed by atoms with Crippen LogP contribution in [0.25, 0.3) is 0 Å². The number of carbonyl (C=O) groups excluding carboxylic acids is 3. The summed E-state index contributed by atoms with van der Waals surface area (Å²) in [5, 5.41) is 2.67. The molecule has 5 aliphatic rings. The van der Waals surface area contributed by atoms with E-state index in [-0.39, 0.29) is 30.1 Å². The molecule has 0 spiro atoms. The van der Waals surface area contributed by atoms with Crippen molar-refractivity contribution in [2.45, 2.75) is 24.5 Å². The van der Waals surface area contributed by atoms with Gasteiger partial charge in [0.05, 0.1) is 13.1 Å². The third-order valence-electron chi connectivity index (χ3n) is 6.58. The second-order valence-corrected chi connectivity index (χ2v) is 8.18. The second-order valence-electron chi connectivity index (χ2n) is 8.18. The summed E-state index contributed by atoms with van der Waals surface area (Å²) >= 11 is 0. The topological polar surface area (TPSA) is 88.2 Å². The fourth-order valence-corrected chi connectivity index (χ4v) is 5.19. The van der Waals surface area contributed by atoms with Gasteiger partial charge in [-0.1, -0.05) is 24.8 Å². The number of fused-ring (bicyclic) bond motifs is 1. The van der Waals surface area contributed by atoms with Crippen LogP contribution in [-0.2, 0) is 19.7 Å². The molecule has 0 radical (unpaired) electrons. The van der Waals surface area contributed by atoms with Crippen LogP contribution in [0.1, 0.15) is 12.5 Å². The van der Waals surface area contributed by atoms with Gasteiger partial charge in [-0.05, 0) is 29.5 Å². The summed E-state index contributed by atoms with van der Waals surface area (Å²) in [6.45, 7) is 6.63. The van der Waals surface area contributed by atoms with E-state index in [0.29, 0.717) is 37.5 Å². The summed E-state index contributed by atoms with van der Waals surface area (Å²) in [4.78, 5) is 38.8. The average Bonchev–Trinajstić information content (AvgIpc) is 3.44. The Balaban J connectivity index is 1.24. The van der Waals surface area contributed by atoms with Crippen molar-refractivity contribution in [1.29, 1.82) is 0 Å². The lowest BCUT2D eigenvalue weighted by molar-refractivity contribution is -0.119. The molecule has 1 aromatic carbocycles. The minimum absolute atomic E-state index is 0.0514. The molecule has 8 nitrogen and oxygen atoms in total. The normalized spacial score (nSPS) is 33.1. The molecule has 2 aliphatic carbocycles. The van der Waals surface area contributed by atoms with Gasteiger partial charge in [0.25, 0.3) is 0 Å². The lowest BCUT2D eigenvalue weighted by Gasteiger charge is -2.18. The van der Waals surface area contributed by atoms with E-state index in [0.717, 1.165) is 5.69 Å². The molecular formula is C21H23N3O5. The lowest BCUT2D eigenvalue weighted by Crippen LogP contribution is -2.33. The van der Waals surface area contributed by atoms with Crippen LogP contribution < -0.4 is 10.2 Å². The summed E-state index contributed by atoms with van der Waals surface area (Å²) in [6.07, 6.45) is 0.552. The molecular weight excluding hydrogens is 374 g/mol. The summed E-state index contributed by atoms with van der Waals surface area (Å²) in [5.74, 6) is 0.912. The Hall–Kier alpha value is -3.03. The van der Waals surface area contributed by atoms with Crippen molar-refractivity contribution in [1.82, 2.24) is 10.2 Å². The Labute approximate surface area is 168 Å². The van der Waals surface area contributed by atoms with Crippen LogP contribution in [-0.4, -0.2) is 61.4 Å². The van der Waals surface area contributed by atoms with E-state index in [1.165, 1.54) is 12.5 Å². The van der Waals surface area contributed by atoms with Gasteiger partial charge in [0, 0.05) is 30.6 Å². The van der Waals surface area contributed by atoms with Crippen LogP contribution in [0.5, 0.6) is 0 Å². The van der Waals surface area contributed by atoms with Gasteiger partial charge >= 0.3 is 12.2 Å². The Bertz CT molecular complexity index is 888. The Kier molecular flexibility index (Phi) is 3.88. The maximum atomic E-state index is 12.2. The molecule has 2 saturated carbocycles. The molecule has 3 amide bonds. The molecule has 5 fully saturated rings. The largest absolute Gasteiger partial charge is 0.445 e. The van der Waals surface area contributed by atoms with E-state index < -0.39 is 6.09 Å². The van der Waals surface area contributed by atoms with Crippen molar-refractivity contribution >= 4 is 23.8 Å². The summed E-state index contributed by atoms with van der Waals surface area (Å²) in [5.41, 5.74) is 2.02. The van der Waals surface area contributed by atoms with Crippen LogP contribution in [0.4, 0.5) is 15.3 Å². The van der Waals surface area contributed by atoms with Gasteiger partial charge in [0.1, 0.15) is 12.7 Å². The molecule has 152 valence electrons. The molecule has 1 aromatic rings. The molecule has 3 unspecified atom stereocenters. The smallest absolute Gasteiger partial charge is 0.414 e. The van der Waals surface area contributed by atoms with Gasteiger partial charge in [-0.25, -0.2) is 9.59 Å². The van der Waals surface area contributed by atoms with Crippen molar-refractivity contribution < 1.29 is 23.9 Å². The van der Waals surface area contributed by atoms with E-state index in [1.54, 1.807) is 11.0 Å². The number of anilines is 1. The maximum absolute atomic E-state index is 12.2. The van der Waals surface area contributed by atoms with E-state index in [2.05, 4.69) is 11.9 Å². The summed E-state index contributed by atoms with van der Waals surface area (Å²) in [7, 11) is 0. The monoisotopic (exact) mass is 397 g/mol. The van der Waals surface area contributed by atoms with Crippen molar-refractivity contribution in [3.8, 4) is 0 Å². The number of benzene rings is 1. The van der Waals surface area contributed by atoms with Crippen molar-refractivity contribution in [3.63, 3.8) is 0 Å². The molecule has 3 atom stereocenters. The van der Waals surface area contributed by atoms with E-state index >= 15 is 0 Å². The first-order chi connectivity index (χ1) is 14.0. The number of nitrogens with zero attached hydrogens (tertiary/aromatic N) is 2. The maximum Gasteiger partial charge on any atom is 0.414 e. The molecule has 1 N–H and O–H groups in total. The fraction of sp³-hybridized carbons (Fsp3) is 0.476. The lowest BCUT2D eigenvalue weighted by atomic mass is 9.88. The first kappa shape index (κ1) is 18.0. The number of hydrogen-bond donors (Lipinski definition) is 1. The zero-order valence-corrected chi connectivity index (χ0v) is 16.2. The van der Waals surface area contributed by atoms with Crippen LogP contribution in [0.15, 0.2) is 36.9 Å². The molecule has 0 aromatic heterocycles. The molecule has 3 heterocycles. The Morgan fingerprint density at radius 1 is 1.34 bits per heavy atom. The van der Waals surface area contributed by atoms with E-state index in [1.807, 2.05) is 29.2 Å². The molecule has 3 saturated heterocycles. The first-order valence-corrected chi connectivity index (χ1v) is 9.85. The SMILES string of the molecule is C=CCOC(=O)N1CC2(c3ccc(N4CC(CNC(C)=O)OC4=O)cc3)C3C1C32. The highest BCUT2D eigenvalue weighted by molar-refractivity contribution is 5.90. The van der Waals surface area contributed by atoms with E-state index in [4.69, 9.17) is 9.47 Å². The van der Waals surface area contributed by atoms with Crippen molar-refractivity contribution in [2.24, 2.45) is 11.8 Å². The number of piperidine rings is 1. The Morgan fingerprint density at radius 2 is 2.07 bits per heavy atom. The van der Waals surface area contributed by atoms with Gasteiger partial charge in [-0.15, -0.1) is 0 Å². The number of rotatable bonds is 6. The van der Waals surface area contributed by atoms with Crippen LogP contribution in [0.2, 0.25) is 0 Å². The molecule has 29 heavy (non-hydrogen) atoms. The van der Waals surface area contributed by atoms with Gasteiger partial charge in [-0.2, -0.15) is 0 Å². The standard InChI is InChI=1S/C21H23N3O5/c1-3-8-28-19(26)24-11-21(16-17(21)18(16)24)13-4-6-14(7-5-13)23-10-15(29-20(23)27)9-22-12(2)25/h3-7,15-18H,1,8-11H2,2H3,(H,22,25). The quantitative estimate of drug-likeness (QED) is 0.738. The average molecular weight is 397 g/mol. The molecule has 3 aliphatic heterocycles. The molecule has 8 heteroatoms. The third kappa shape index (κ3) is 2.62. The van der Waals surface area contributed by atoms with Gasteiger partial charge in [-0.3, -0.25) is 9.69 Å². The highest BCUT2D eigenvalue weighted by atomic mass is 16.6. The highest BCUT2D eigenvalue weighted by Gasteiger charge is 2.91. The van der Waals surface area contributed by atoms with Crippen molar-refractivity contribution in [2.75, 3.05) is 31.1 Å². The minimum Gasteiger partial charge on any atom is -0.445 e. The highest BCUT2D eigenvalue weighted by Crippen LogP contribution is 2.83.